The zero-order valence-corrected chi connectivity index (χ0v) is 19.0. The molecule has 0 saturated carbocycles. The van der Waals surface area contributed by atoms with E-state index in [0.717, 1.165) is 56.1 Å². The Morgan fingerprint density at radius 1 is 0.969 bits per heavy atom. The van der Waals surface area contributed by atoms with E-state index in [4.69, 9.17) is 19.8 Å². The van der Waals surface area contributed by atoms with Gasteiger partial charge in [-0.2, -0.15) is 0 Å². The Labute approximate surface area is 191 Å². The number of carboxylic acids is 2. The molecule has 8 nitrogen and oxygen atoms in total. The van der Waals surface area contributed by atoms with Crippen LogP contribution in [0.15, 0.2) is 30.3 Å². The Bertz CT molecular complexity index is 940. The van der Waals surface area contributed by atoms with Crippen LogP contribution in [0.5, 0.6) is 0 Å². The minimum atomic E-state index is -1.82. The van der Waals surface area contributed by atoms with Crippen LogP contribution in [0.25, 0.3) is 0 Å². The molecule has 0 spiro atoms. The molecule has 1 fully saturated rings. The van der Waals surface area contributed by atoms with Crippen LogP contribution >= 0.6 is 11.3 Å². The van der Waals surface area contributed by atoms with E-state index in [0.29, 0.717) is 0 Å². The molecule has 1 aromatic heterocycles. The fourth-order valence-electron chi connectivity index (χ4n) is 3.89. The van der Waals surface area contributed by atoms with Crippen LogP contribution in [-0.4, -0.2) is 71.1 Å². The third-order valence-electron chi connectivity index (χ3n) is 5.70. The number of nitrogens with zero attached hydrogens (tertiary/aromatic N) is 2. The second-order valence-electron chi connectivity index (χ2n) is 8.03. The Kier molecular flexibility index (Phi) is 8.38. The van der Waals surface area contributed by atoms with Gasteiger partial charge < -0.3 is 20.4 Å². The number of aliphatic carboxylic acids is 2. The molecular formula is C23H29N3O5S. The van der Waals surface area contributed by atoms with Gasteiger partial charge in [0.15, 0.2) is 0 Å². The number of nitrogens with one attached hydrogen (secondary N) is 1. The average molecular weight is 460 g/mol. The first-order valence-electron chi connectivity index (χ1n) is 10.7. The highest BCUT2D eigenvalue weighted by molar-refractivity contribution is 7.16. The number of hydrogen-bond donors (Lipinski definition) is 3. The molecule has 1 amide bonds. The van der Waals surface area contributed by atoms with Crippen molar-refractivity contribution in [2.45, 2.75) is 32.2 Å². The topological polar surface area (TPSA) is 110 Å². The van der Waals surface area contributed by atoms with Crippen LogP contribution < -0.4 is 5.32 Å². The zero-order valence-electron chi connectivity index (χ0n) is 18.2. The molecule has 32 heavy (non-hydrogen) atoms. The van der Waals surface area contributed by atoms with Crippen molar-refractivity contribution in [3.8, 4) is 0 Å². The van der Waals surface area contributed by atoms with E-state index in [1.54, 1.807) is 11.3 Å². The Morgan fingerprint density at radius 2 is 1.59 bits per heavy atom. The Balaban J connectivity index is 0.000000427. The van der Waals surface area contributed by atoms with E-state index < -0.39 is 11.9 Å². The van der Waals surface area contributed by atoms with Crippen LogP contribution in [0, 0.1) is 0 Å². The van der Waals surface area contributed by atoms with E-state index >= 15 is 0 Å². The van der Waals surface area contributed by atoms with Gasteiger partial charge in [-0.1, -0.05) is 18.2 Å². The number of thiophene rings is 1. The van der Waals surface area contributed by atoms with Crippen molar-refractivity contribution in [2.75, 3.05) is 38.5 Å². The second kappa shape index (κ2) is 11.2. The van der Waals surface area contributed by atoms with Crippen LogP contribution in [0.2, 0.25) is 0 Å². The number of carbonyl (C=O) groups is 3. The lowest BCUT2D eigenvalue weighted by atomic mass is 9.95. The molecule has 0 bridgehead atoms. The normalized spacial score (nSPS) is 16.4. The molecule has 3 N–H and O–H groups in total. The number of carboxylic acid groups (broad SMARTS) is 2. The third kappa shape index (κ3) is 6.38. The van der Waals surface area contributed by atoms with E-state index in [2.05, 4.69) is 22.2 Å². The fraction of sp³-hybridized carbons (Fsp3) is 0.435. The smallest absolute Gasteiger partial charge is 0.414 e. The van der Waals surface area contributed by atoms with Gasteiger partial charge >= 0.3 is 11.9 Å². The lowest BCUT2D eigenvalue weighted by molar-refractivity contribution is -0.159. The van der Waals surface area contributed by atoms with E-state index in [-0.39, 0.29) is 5.91 Å². The molecule has 2 aromatic rings. The van der Waals surface area contributed by atoms with Crippen molar-refractivity contribution < 1.29 is 24.6 Å². The highest BCUT2D eigenvalue weighted by atomic mass is 32.1. The first-order valence-corrected chi connectivity index (χ1v) is 11.5. The van der Waals surface area contributed by atoms with E-state index in [1.807, 2.05) is 30.3 Å². The number of hydrogen-bond acceptors (Lipinski definition) is 6. The molecule has 1 aromatic carbocycles. The number of fused-ring (bicyclic) bond motifs is 1. The van der Waals surface area contributed by atoms with Gasteiger partial charge in [0.2, 0.25) is 0 Å². The van der Waals surface area contributed by atoms with Crippen LogP contribution in [0.4, 0.5) is 5.00 Å². The second-order valence-corrected chi connectivity index (χ2v) is 9.13. The lowest BCUT2D eigenvalue weighted by Crippen LogP contribution is -2.44. The number of aryl methyl sites for hydroxylation is 1. The van der Waals surface area contributed by atoms with Gasteiger partial charge in [-0.25, -0.2) is 9.59 Å². The largest absolute Gasteiger partial charge is 0.473 e. The predicted octanol–water partition coefficient (Wildman–Crippen LogP) is 2.78. The highest BCUT2D eigenvalue weighted by Crippen LogP contribution is 2.39. The summed E-state index contributed by atoms with van der Waals surface area (Å²) >= 11 is 1.81. The number of benzene rings is 1. The minimum absolute atomic E-state index is 0.00354. The van der Waals surface area contributed by atoms with E-state index in [9.17, 15) is 4.79 Å². The molecule has 0 atom stereocenters. The molecule has 0 unspecified atom stereocenters. The van der Waals surface area contributed by atoms with Crippen molar-refractivity contribution in [1.82, 2.24) is 9.80 Å². The lowest BCUT2D eigenvalue weighted by Gasteiger charge is -2.32. The van der Waals surface area contributed by atoms with Gasteiger partial charge in [0.1, 0.15) is 5.00 Å². The summed E-state index contributed by atoms with van der Waals surface area (Å²) in [6, 6.07) is 9.53. The van der Waals surface area contributed by atoms with Crippen molar-refractivity contribution in [2.24, 2.45) is 0 Å². The van der Waals surface area contributed by atoms with Crippen molar-refractivity contribution in [1.29, 1.82) is 0 Å². The van der Waals surface area contributed by atoms with Crippen molar-refractivity contribution >= 4 is 34.2 Å². The SMILES string of the molecule is CN1CCN(Cc2c(NC(=O)c3ccccc3)sc3c2CCCC3)CC1.O=C(O)C(=O)O. The number of piperazine rings is 1. The molecule has 1 aliphatic heterocycles. The number of rotatable bonds is 4. The van der Waals surface area contributed by atoms with Gasteiger partial charge in [0.25, 0.3) is 5.91 Å². The number of anilines is 1. The summed E-state index contributed by atoms with van der Waals surface area (Å²) in [6.07, 6.45) is 4.87. The third-order valence-corrected chi connectivity index (χ3v) is 6.95. The molecule has 2 aliphatic rings. The van der Waals surface area contributed by atoms with Crippen LogP contribution in [-0.2, 0) is 29.0 Å². The molecule has 9 heteroatoms. The summed E-state index contributed by atoms with van der Waals surface area (Å²) < 4.78 is 0. The molecule has 4 rings (SSSR count). The maximum Gasteiger partial charge on any atom is 0.414 e. The summed E-state index contributed by atoms with van der Waals surface area (Å²) in [6.45, 7) is 5.42. The Morgan fingerprint density at radius 3 is 2.22 bits per heavy atom. The zero-order chi connectivity index (χ0) is 23.1. The highest BCUT2D eigenvalue weighted by Gasteiger charge is 2.24. The van der Waals surface area contributed by atoms with E-state index in [1.165, 1.54) is 28.8 Å². The molecule has 172 valence electrons. The summed E-state index contributed by atoms with van der Waals surface area (Å²) in [7, 11) is 2.19. The van der Waals surface area contributed by atoms with Crippen LogP contribution in [0.1, 0.15) is 39.2 Å². The summed E-state index contributed by atoms with van der Waals surface area (Å²) in [4.78, 5) is 37.3. The minimum Gasteiger partial charge on any atom is -0.473 e. The quantitative estimate of drug-likeness (QED) is 0.603. The Hall–Kier alpha value is -2.75. The van der Waals surface area contributed by atoms with Gasteiger partial charge in [-0.05, 0) is 50.4 Å². The molecule has 0 radical (unpaired) electrons. The van der Waals surface area contributed by atoms with Crippen molar-refractivity contribution in [3.05, 3.63) is 51.9 Å². The number of likely N-dealkylation sites (N-methyl/N-ethyl adjacent to an activating group) is 1. The number of carbonyl (C=O) groups excluding carboxylic acids is 1. The number of amides is 1. The first-order chi connectivity index (χ1) is 15.3. The standard InChI is InChI=1S/C21H27N3OS.C2H2O4/c1-23-11-13-24(14-12-23)15-18-17-9-5-6-10-19(17)26-21(18)22-20(25)16-7-3-2-4-8-16;3-1(4)2(5)6/h2-4,7-8H,5-6,9-15H2,1H3,(H,22,25);(H,3,4)(H,5,6). The molecule has 1 aliphatic carbocycles. The maximum atomic E-state index is 12.7. The molecule has 2 heterocycles. The summed E-state index contributed by atoms with van der Waals surface area (Å²) in [5.74, 6) is -3.64. The van der Waals surface area contributed by atoms with Gasteiger partial charge in [-0.3, -0.25) is 9.69 Å². The molecular weight excluding hydrogens is 430 g/mol. The predicted molar refractivity (Wildman–Crippen MR) is 123 cm³/mol. The van der Waals surface area contributed by atoms with Gasteiger partial charge in [-0.15, -0.1) is 11.3 Å². The van der Waals surface area contributed by atoms with Gasteiger partial charge in [0.05, 0.1) is 0 Å². The van der Waals surface area contributed by atoms with Crippen molar-refractivity contribution in [3.63, 3.8) is 0 Å². The maximum absolute atomic E-state index is 12.7. The summed E-state index contributed by atoms with van der Waals surface area (Å²) in [5, 5.41) is 19.1. The van der Waals surface area contributed by atoms with Crippen LogP contribution in [0.3, 0.4) is 0 Å². The monoisotopic (exact) mass is 459 g/mol. The fourth-order valence-corrected chi connectivity index (χ4v) is 5.19. The summed E-state index contributed by atoms with van der Waals surface area (Å²) in [5.41, 5.74) is 3.62. The first kappa shape index (κ1) is 23.9. The average Bonchev–Trinajstić information content (AvgIpc) is 3.13. The van der Waals surface area contributed by atoms with Gasteiger partial charge in [0, 0.05) is 48.7 Å². The molecule has 1 saturated heterocycles.